The Hall–Kier alpha value is -2.00. The van der Waals surface area contributed by atoms with Gasteiger partial charge in [0.2, 0.25) is 21.7 Å². The molecule has 8 nitrogen and oxygen atoms in total. The van der Waals surface area contributed by atoms with Crippen LogP contribution >= 0.6 is 0 Å². The Labute approximate surface area is 161 Å². The maximum Gasteiger partial charge on any atom is 0.224 e. The largest absolute Gasteiger partial charge is 0.493 e. The van der Waals surface area contributed by atoms with Crippen molar-refractivity contribution >= 4 is 21.6 Å². The molecular formula is C18H30N2O6S. The summed E-state index contributed by atoms with van der Waals surface area (Å²) in [4.78, 5) is 12.1. The number of carbonyl (C=O) groups is 1. The highest BCUT2D eigenvalue weighted by Gasteiger charge is 2.27. The lowest BCUT2D eigenvalue weighted by Gasteiger charge is -2.19. The number of amides is 1. The SMILES string of the molecule is COc1cc(NC(=O)CCCCNS(=O)(=O)C(C)(C)C)cc(OC)c1OC. The lowest BCUT2D eigenvalue weighted by molar-refractivity contribution is -0.116. The van der Waals surface area contributed by atoms with Crippen molar-refractivity contribution in [2.24, 2.45) is 0 Å². The minimum absolute atomic E-state index is 0.178. The van der Waals surface area contributed by atoms with E-state index in [2.05, 4.69) is 10.0 Å². The Bertz CT molecular complexity index is 716. The van der Waals surface area contributed by atoms with E-state index in [4.69, 9.17) is 14.2 Å². The molecule has 0 spiro atoms. The maximum atomic E-state index is 12.1. The van der Waals surface area contributed by atoms with Gasteiger partial charge < -0.3 is 19.5 Å². The molecule has 154 valence electrons. The number of methoxy groups -OCH3 is 3. The fourth-order valence-electron chi connectivity index (χ4n) is 2.21. The molecule has 1 amide bonds. The summed E-state index contributed by atoms with van der Waals surface area (Å²) < 4.78 is 41.3. The quantitative estimate of drug-likeness (QED) is 0.583. The number of carbonyl (C=O) groups excluding carboxylic acids is 1. The second-order valence-corrected chi connectivity index (χ2v) is 9.45. The highest BCUT2D eigenvalue weighted by molar-refractivity contribution is 7.90. The topological polar surface area (TPSA) is 103 Å². The zero-order chi connectivity index (χ0) is 20.7. The van der Waals surface area contributed by atoms with Gasteiger partial charge in [-0.15, -0.1) is 0 Å². The minimum atomic E-state index is -3.36. The van der Waals surface area contributed by atoms with Crippen molar-refractivity contribution in [2.45, 2.75) is 44.8 Å². The predicted molar refractivity (Wildman–Crippen MR) is 105 cm³/mol. The van der Waals surface area contributed by atoms with Crippen LogP contribution in [0, 0.1) is 0 Å². The first kappa shape index (κ1) is 23.0. The molecule has 0 saturated carbocycles. The van der Waals surface area contributed by atoms with Gasteiger partial charge in [-0.2, -0.15) is 0 Å². The molecule has 0 atom stereocenters. The first-order valence-electron chi connectivity index (χ1n) is 8.64. The number of sulfonamides is 1. The molecule has 0 unspecified atom stereocenters. The summed E-state index contributed by atoms with van der Waals surface area (Å²) in [6.45, 7) is 5.22. The molecule has 0 radical (unpaired) electrons. The predicted octanol–water partition coefficient (Wildman–Crippen LogP) is 2.54. The van der Waals surface area contributed by atoms with Crippen LogP contribution in [0.15, 0.2) is 12.1 Å². The first-order valence-corrected chi connectivity index (χ1v) is 10.1. The Morgan fingerprint density at radius 3 is 2.00 bits per heavy atom. The van der Waals surface area contributed by atoms with Crippen LogP contribution in [-0.4, -0.2) is 46.9 Å². The van der Waals surface area contributed by atoms with Crippen molar-refractivity contribution in [1.82, 2.24) is 4.72 Å². The van der Waals surface area contributed by atoms with Crippen LogP contribution in [0.2, 0.25) is 0 Å². The number of nitrogens with one attached hydrogen (secondary N) is 2. The zero-order valence-corrected chi connectivity index (χ0v) is 17.7. The van der Waals surface area contributed by atoms with Gasteiger partial charge in [0.15, 0.2) is 11.5 Å². The van der Waals surface area contributed by atoms with Gasteiger partial charge in [0.1, 0.15) is 0 Å². The normalized spacial score (nSPS) is 11.8. The summed E-state index contributed by atoms with van der Waals surface area (Å²) in [6, 6.07) is 3.30. The standard InChI is InChI=1S/C18H30N2O6S/c1-18(2,3)27(22,23)19-10-8-7-9-16(21)20-13-11-14(24-4)17(26-6)15(12-13)25-5/h11-12,19H,7-10H2,1-6H3,(H,20,21). The summed E-state index contributed by atoms with van der Waals surface area (Å²) in [5, 5.41) is 2.78. The summed E-state index contributed by atoms with van der Waals surface area (Å²) >= 11 is 0. The Morgan fingerprint density at radius 2 is 1.56 bits per heavy atom. The van der Waals surface area contributed by atoms with E-state index in [0.29, 0.717) is 42.3 Å². The summed E-state index contributed by atoms with van der Waals surface area (Å²) in [5.41, 5.74) is 0.530. The Morgan fingerprint density at radius 1 is 1.00 bits per heavy atom. The number of benzene rings is 1. The van der Waals surface area contributed by atoms with Crippen LogP contribution in [0.25, 0.3) is 0 Å². The lowest BCUT2D eigenvalue weighted by Crippen LogP contribution is -2.39. The van der Waals surface area contributed by atoms with E-state index < -0.39 is 14.8 Å². The fraction of sp³-hybridized carbons (Fsp3) is 0.611. The summed E-state index contributed by atoms with van der Waals surface area (Å²) in [7, 11) is 1.15. The molecule has 0 fully saturated rings. The number of rotatable bonds is 10. The first-order chi connectivity index (χ1) is 12.6. The van der Waals surface area contributed by atoms with Crippen molar-refractivity contribution in [3.05, 3.63) is 12.1 Å². The van der Waals surface area contributed by atoms with Crippen molar-refractivity contribution < 1.29 is 27.4 Å². The van der Waals surface area contributed by atoms with Crippen LogP contribution in [0.5, 0.6) is 17.2 Å². The molecule has 1 rings (SSSR count). The van der Waals surface area contributed by atoms with Crippen molar-refractivity contribution in [2.75, 3.05) is 33.2 Å². The van der Waals surface area contributed by atoms with E-state index in [1.807, 2.05) is 0 Å². The van der Waals surface area contributed by atoms with Gasteiger partial charge in [-0.05, 0) is 33.6 Å². The van der Waals surface area contributed by atoms with E-state index in [9.17, 15) is 13.2 Å². The average molecular weight is 403 g/mol. The molecule has 1 aromatic carbocycles. The number of hydrogen-bond donors (Lipinski definition) is 2. The molecular weight excluding hydrogens is 372 g/mol. The minimum Gasteiger partial charge on any atom is -0.493 e. The molecule has 0 heterocycles. The van der Waals surface area contributed by atoms with E-state index in [-0.39, 0.29) is 12.3 Å². The monoisotopic (exact) mass is 402 g/mol. The number of unbranched alkanes of at least 4 members (excludes halogenated alkanes) is 1. The van der Waals surface area contributed by atoms with Gasteiger partial charge in [-0.25, -0.2) is 13.1 Å². The summed E-state index contributed by atoms with van der Waals surface area (Å²) in [6.07, 6.45) is 1.40. The highest BCUT2D eigenvalue weighted by Crippen LogP contribution is 2.39. The molecule has 1 aromatic rings. The lowest BCUT2D eigenvalue weighted by atomic mass is 10.2. The van der Waals surface area contributed by atoms with Crippen LogP contribution in [0.3, 0.4) is 0 Å². The second kappa shape index (κ2) is 9.80. The van der Waals surface area contributed by atoms with Crippen LogP contribution in [0.4, 0.5) is 5.69 Å². The van der Waals surface area contributed by atoms with Crippen LogP contribution in [0.1, 0.15) is 40.0 Å². The van der Waals surface area contributed by atoms with Crippen LogP contribution in [-0.2, 0) is 14.8 Å². The zero-order valence-electron chi connectivity index (χ0n) is 16.8. The van der Waals surface area contributed by atoms with E-state index in [0.717, 1.165) is 0 Å². The van der Waals surface area contributed by atoms with Gasteiger partial charge >= 0.3 is 0 Å². The Balaban J connectivity index is 2.54. The molecule has 2 N–H and O–H groups in total. The van der Waals surface area contributed by atoms with E-state index >= 15 is 0 Å². The van der Waals surface area contributed by atoms with E-state index in [1.54, 1.807) is 32.9 Å². The van der Waals surface area contributed by atoms with Crippen molar-refractivity contribution in [1.29, 1.82) is 0 Å². The second-order valence-electron chi connectivity index (χ2n) is 6.93. The van der Waals surface area contributed by atoms with Gasteiger partial charge in [0.25, 0.3) is 0 Å². The smallest absolute Gasteiger partial charge is 0.224 e. The fourth-order valence-corrected chi connectivity index (χ4v) is 3.06. The van der Waals surface area contributed by atoms with Gasteiger partial charge in [0.05, 0.1) is 26.1 Å². The van der Waals surface area contributed by atoms with Crippen molar-refractivity contribution in [3.8, 4) is 17.2 Å². The van der Waals surface area contributed by atoms with Gasteiger partial charge in [-0.3, -0.25) is 4.79 Å². The van der Waals surface area contributed by atoms with Gasteiger partial charge in [0, 0.05) is 30.8 Å². The highest BCUT2D eigenvalue weighted by atomic mass is 32.2. The maximum absolute atomic E-state index is 12.1. The van der Waals surface area contributed by atoms with E-state index in [1.165, 1.54) is 21.3 Å². The molecule has 0 aliphatic rings. The Kier molecular flexibility index (Phi) is 8.36. The molecule has 0 aromatic heterocycles. The number of ether oxygens (including phenoxy) is 3. The third-order valence-corrected chi connectivity index (χ3v) is 6.07. The third kappa shape index (κ3) is 6.59. The third-order valence-electron chi connectivity index (χ3n) is 3.88. The van der Waals surface area contributed by atoms with Crippen LogP contribution < -0.4 is 24.2 Å². The van der Waals surface area contributed by atoms with Crippen molar-refractivity contribution in [3.63, 3.8) is 0 Å². The average Bonchev–Trinajstić information content (AvgIpc) is 2.59. The van der Waals surface area contributed by atoms with Gasteiger partial charge in [-0.1, -0.05) is 0 Å². The molecule has 0 aliphatic heterocycles. The number of hydrogen-bond acceptors (Lipinski definition) is 6. The molecule has 0 saturated heterocycles. The molecule has 0 aliphatic carbocycles. The molecule has 0 bridgehead atoms. The molecule has 9 heteroatoms. The summed E-state index contributed by atoms with van der Waals surface area (Å²) in [5.74, 6) is 1.17. The number of anilines is 1. The molecule has 27 heavy (non-hydrogen) atoms.